The number of rotatable bonds is 5. The number of ether oxygens (including phenoxy) is 1. The first-order valence-electron chi connectivity index (χ1n) is 8.92. The minimum atomic E-state index is -0.350. The molecular formula is C22H18ClN3O3. The third kappa shape index (κ3) is 3.88. The molecule has 0 aliphatic heterocycles. The quantitative estimate of drug-likeness (QED) is 0.483. The van der Waals surface area contributed by atoms with Crippen molar-refractivity contribution in [2.75, 3.05) is 12.4 Å². The van der Waals surface area contributed by atoms with Crippen molar-refractivity contribution in [3.63, 3.8) is 0 Å². The summed E-state index contributed by atoms with van der Waals surface area (Å²) in [6.07, 6.45) is 1.68. The van der Waals surface area contributed by atoms with E-state index < -0.39 is 0 Å². The third-order valence-corrected chi connectivity index (χ3v) is 4.60. The fourth-order valence-electron chi connectivity index (χ4n) is 2.96. The molecule has 6 nitrogen and oxygen atoms in total. The summed E-state index contributed by atoms with van der Waals surface area (Å²) in [6, 6.07) is 18.2. The summed E-state index contributed by atoms with van der Waals surface area (Å²) in [5.41, 5.74) is 2.11. The molecule has 0 aliphatic rings. The number of aromatic nitrogens is 2. The summed E-state index contributed by atoms with van der Waals surface area (Å²) in [5, 5.41) is 7.94. The summed E-state index contributed by atoms with van der Waals surface area (Å²) in [7, 11) is 1.53. The molecule has 2 aromatic heterocycles. The average molecular weight is 408 g/mol. The van der Waals surface area contributed by atoms with Gasteiger partial charge in [0.15, 0.2) is 5.76 Å². The molecule has 1 amide bonds. The molecular weight excluding hydrogens is 390 g/mol. The van der Waals surface area contributed by atoms with Crippen LogP contribution in [0.2, 0.25) is 5.02 Å². The standard InChI is InChI=1S/C22H18ClN3O3/c1-14-8-10-20(29-14)21-17(13-26(25-21)16-6-4-3-5-7-16)22(27)24-18-12-15(23)9-11-19(18)28-2/h3-13H,1-2H3,(H,24,27). The van der Waals surface area contributed by atoms with Crippen LogP contribution in [0.5, 0.6) is 5.75 Å². The van der Waals surface area contributed by atoms with E-state index >= 15 is 0 Å². The number of para-hydroxylation sites is 1. The number of halogens is 1. The van der Waals surface area contributed by atoms with E-state index in [4.69, 9.17) is 20.8 Å². The van der Waals surface area contributed by atoms with Gasteiger partial charge in [0.2, 0.25) is 0 Å². The largest absolute Gasteiger partial charge is 0.495 e. The molecule has 0 bridgehead atoms. The molecule has 2 heterocycles. The van der Waals surface area contributed by atoms with Crippen molar-refractivity contribution in [3.05, 3.63) is 83.2 Å². The Balaban J connectivity index is 1.76. The van der Waals surface area contributed by atoms with E-state index in [2.05, 4.69) is 10.4 Å². The van der Waals surface area contributed by atoms with Crippen molar-refractivity contribution in [1.82, 2.24) is 9.78 Å². The van der Waals surface area contributed by atoms with Gasteiger partial charge >= 0.3 is 0 Å². The third-order valence-electron chi connectivity index (χ3n) is 4.36. The molecule has 0 aliphatic carbocycles. The highest BCUT2D eigenvalue weighted by molar-refractivity contribution is 6.31. The normalized spacial score (nSPS) is 10.7. The maximum absolute atomic E-state index is 13.1. The molecule has 0 saturated heterocycles. The van der Waals surface area contributed by atoms with Crippen LogP contribution in [0.25, 0.3) is 17.1 Å². The second kappa shape index (κ2) is 7.85. The molecule has 7 heteroatoms. The molecule has 2 aromatic carbocycles. The van der Waals surface area contributed by atoms with Gasteiger partial charge in [-0.1, -0.05) is 29.8 Å². The Morgan fingerprint density at radius 2 is 1.93 bits per heavy atom. The first-order chi connectivity index (χ1) is 14.0. The average Bonchev–Trinajstić information content (AvgIpc) is 3.35. The van der Waals surface area contributed by atoms with Crippen LogP contribution in [0.4, 0.5) is 5.69 Å². The number of carbonyl (C=O) groups is 1. The molecule has 0 unspecified atom stereocenters. The maximum atomic E-state index is 13.1. The van der Waals surface area contributed by atoms with Crippen molar-refractivity contribution in [2.45, 2.75) is 6.92 Å². The highest BCUT2D eigenvalue weighted by Crippen LogP contribution is 2.30. The Kier molecular flexibility index (Phi) is 5.10. The zero-order valence-electron chi connectivity index (χ0n) is 15.8. The van der Waals surface area contributed by atoms with Gasteiger partial charge in [0.1, 0.15) is 17.2 Å². The fourth-order valence-corrected chi connectivity index (χ4v) is 3.14. The van der Waals surface area contributed by atoms with E-state index in [0.29, 0.717) is 33.5 Å². The molecule has 4 aromatic rings. The Hall–Kier alpha value is -3.51. The van der Waals surface area contributed by atoms with Gasteiger partial charge in [0.05, 0.1) is 24.0 Å². The summed E-state index contributed by atoms with van der Waals surface area (Å²) in [4.78, 5) is 13.1. The number of aryl methyl sites for hydroxylation is 1. The first kappa shape index (κ1) is 18.8. The summed E-state index contributed by atoms with van der Waals surface area (Å²) in [6.45, 7) is 1.84. The van der Waals surface area contributed by atoms with Gasteiger partial charge in [0.25, 0.3) is 5.91 Å². The monoisotopic (exact) mass is 407 g/mol. The van der Waals surface area contributed by atoms with E-state index in [1.165, 1.54) is 7.11 Å². The molecule has 0 spiro atoms. The molecule has 0 fully saturated rings. The van der Waals surface area contributed by atoms with E-state index in [1.807, 2.05) is 43.3 Å². The van der Waals surface area contributed by atoms with Crippen LogP contribution in [0.1, 0.15) is 16.1 Å². The minimum absolute atomic E-state index is 0.350. The number of hydrogen-bond acceptors (Lipinski definition) is 4. The van der Waals surface area contributed by atoms with Gasteiger partial charge in [0, 0.05) is 11.2 Å². The van der Waals surface area contributed by atoms with Gasteiger partial charge < -0.3 is 14.5 Å². The Labute approximate surface area is 172 Å². The Morgan fingerprint density at radius 1 is 1.14 bits per heavy atom. The lowest BCUT2D eigenvalue weighted by atomic mass is 10.2. The van der Waals surface area contributed by atoms with Crippen molar-refractivity contribution in [3.8, 4) is 22.9 Å². The smallest absolute Gasteiger partial charge is 0.259 e. The lowest BCUT2D eigenvalue weighted by Gasteiger charge is -2.10. The van der Waals surface area contributed by atoms with Gasteiger partial charge in [-0.15, -0.1) is 0 Å². The molecule has 29 heavy (non-hydrogen) atoms. The van der Waals surface area contributed by atoms with Crippen molar-refractivity contribution < 1.29 is 13.9 Å². The number of furan rings is 1. The Bertz CT molecular complexity index is 1170. The van der Waals surface area contributed by atoms with Gasteiger partial charge in [-0.3, -0.25) is 4.79 Å². The highest BCUT2D eigenvalue weighted by Gasteiger charge is 2.22. The second-order valence-corrected chi connectivity index (χ2v) is 6.82. The van der Waals surface area contributed by atoms with Crippen molar-refractivity contribution in [2.24, 2.45) is 0 Å². The van der Waals surface area contributed by atoms with Crippen molar-refractivity contribution >= 4 is 23.2 Å². The number of methoxy groups -OCH3 is 1. The number of hydrogen-bond donors (Lipinski definition) is 1. The molecule has 146 valence electrons. The number of carbonyl (C=O) groups excluding carboxylic acids is 1. The predicted octanol–water partition coefficient (Wildman–Crippen LogP) is 5.36. The first-order valence-corrected chi connectivity index (χ1v) is 9.30. The molecule has 0 atom stereocenters. The topological polar surface area (TPSA) is 69.3 Å². The molecule has 1 N–H and O–H groups in total. The lowest BCUT2D eigenvalue weighted by molar-refractivity contribution is 0.102. The molecule has 4 rings (SSSR count). The van der Waals surface area contributed by atoms with Crippen LogP contribution in [-0.2, 0) is 0 Å². The minimum Gasteiger partial charge on any atom is -0.495 e. The van der Waals surface area contributed by atoms with Gasteiger partial charge in [-0.25, -0.2) is 4.68 Å². The molecule has 0 saturated carbocycles. The van der Waals surface area contributed by atoms with Crippen LogP contribution < -0.4 is 10.1 Å². The van der Waals surface area contributed by atoms with E-state index in [9.17, 15) is 4.79 Å². The SMILES string of the molecule is COc1ccc(Cl)cc1NC(=O)c1cn(-c2ccccc2)nc1-c1ccc(C)o1. The van der Waals surface area contributed by atoms with Crippen molar-refractivity contribution in [1.29, 1.82) is 0 Å². The van der Waals surface area contributed by atoms with Crippen LogP contribution in [-0.4, -0.2) is 22.8 Å². The zero-order valence-corrected chi connectivity index (χ0v) is 16.6. The second-order valence-electron chi connectivity index (χ2n) is 6.38. The van der Waals surface area contributed by atoms with Crippen LogP contribution in [0.15, 0.2) is 71.3 Å². The summed E-state index contributed by atoms with van der Waals surface area (Å²) >= 11 is 6.08. The van der Waals surface area contributed by atoms with E-state index in [0.717, 1.165) is 11.4 Å². The maximum Gasteiger partial charge on any atom is 0.259 e. The summed E-state index contributed by atoms with van der Waals surface area (Å²) < 4.78 is 12.7. The number of amides is 1. The summed E-state index contributed by atoms with van der Waals surface area (Å²) in [5.74, 6) is 1.41. The van der Waals surface area contributed by atoms with E-state index in [-0.39, 0.29) is 5.91 Å². The number of nitrogens with one attached hydrogen (secondary N) is 1. The lowest BCUT2D eigenvalue weighted by Crippen LogP contribution is -2.13. The number of anilines is 1. The van der Waals surface area contributed by atoms with E-state index in [1.54, 1.807) is 35.1 Å². The fraction of sp³-hybridized carbons (Fsp3) is 0.0909. The number of nitrogens with zero attached hydrogens (tertiary/aromatic N) is 2. The molecule has 0 radical (unpaired) electrons. The number of benzene rings is 2. The Morgan fingerprint density at radius 3 is 2.62 bits per heavy atom. The van der Waals surface area contributed by atoms with Crippen LogP contribution in [0.3, 0.4) is 0 Å². The highest BCUT2D eigenvalue weighted by atomic mass is 35.5. The van der Waals surface area contributed by atoms with Crippen LogP contribution in [0, 0.1) is 6.92 Å². The van der Waals surface area contributed by atoms with Gasteiger partial charge in [-0.05, 0) is 49.4 Å². The predicted molar refractivity (Wildman–Crippen MR) is 112 cm³/mol. The zero-order chi connectivity index (χ0) is 20.4. The van der Waals surface area contributed by atoms with Gasteiger partial charge in [-0.2, -0.15) is 5.10 Å². The van der Waals surface area contributed by atoms with Crippen LogP contribution >= 0.6 is 11.6 Å².